The summed E-state index contributed by atoms with van der Waals surface area (Å²) in [4.78, 5) is 13.5. The van der Waals surface area contributed by atoms with Gasteiger partial charge in [-0.05, 0) is 26.8 Å². The molecule has 2 heterocycles. The van der Waals surface area contributed by atoms with Gasteiger partial charge in [0.15, 0.2) is 0 Å². The van der Waals surface area contributed by atoms with Gasteiger partial charge in [-0.25, -0.2) is 0 Å². The number of nitrogens with zero attached hydrogens (tertiary/aromatic N) is 1. The minimum Gasteiger partial charge on any atom is -0.354 e. The summed E-state index contributed by atoms with van der Waals surface area (Å²) >= 11 is 0. The molecular formula is C11H21N3O. The van der Waals surface area contributed by atoms with Gasteiger partial charge in [-0.15, -0.1) is 0 Å². The summed E-state index contributed by atoms with van der Waals surface area (Å²) in [6.45, 7) is 7.59. The molecule has 0 spiro atoms. The van der Waals surface area contributed by atoms with Crippen molar-refractivity contribution in [3.63, 3.8) is 0 Å². The van der Waals surface area contributed by atoms with Crippen molar-refractivity contribution in [2.24, 2.45) is 0 Å². The Hall–Kier alpha value is -0.610. The maximum Gasteiger partial charge on any atom is 0.221 e. The molecule has 0 aromatic rings. The monoisotopic (exact) mass is 211 g/mol. The molecule has 0 aliphatic carbocycles. The molecule has 2 aliphatic rings. The highest BCUT2D eigenvalue weighted by Gasteiger charge is 2.28. The van der Waals surface area contributed by atoms with Crippen molar-refractivity contribution in [3.8, 4) is 0 Å². The standard InChI is InChI=1S/C11H21N3O/c1-8(2)14-4-3-9(7-14)13-10-5-11(15)12-6-10/h8-10,13H,3-7H2,1-2H3,(H,12,15). The van der Waals surface area contributed by atoms with E-state index in [9.17, 15) is 4.79 Å². The second kappa shape index (κ2) is 4.49. The largest absolute Gasteiger partial charge is 0.354 e. The smallest absolute Gasteiger partial charge is 0.221 e. The zero-order valence-corrected chi connectivity index (χ0v) is 9.62. The Labute approximate surface area is 91.4 Å². The third-order valence-corrected chi connectivity index (χ3v) is 3.40. The molecule has 2 N–H and O–H groups in total. The van der Waals surface area contributed by atoms with E-state index in [0.717, 1.165) is 13.1 Å². The lowest BCUT2D eigenvalue weighted by Gasteiger charge is -2.21. The van der Waals surface area contributed by atoms with Gasteiger partial charge >= 0.3 is 0 Å². The number of likely N-dealkylation sites (tertiary alicyclic amines) is 1. The molecule has 0 aromatic carbocycles. The van der Waals surface area contributed by atoms with Gasteiger partial charge in [0.05, 0.1) is 0 Å². The highest BCUT2D eigenvalue weighted by molar-refractivity contribution is 5.78. The highest BCUT2D eigenvalue weighted by Crippen LogP contribution is 2.14. The Kier molecular flexibility index (Phi) is 3.26. The average molecular weight is 211 g/mol. The van der Waals surface area contributed by atoms with Crippen LogP contribution in [-0.4, -0.2) is 48.6 Å². The molecule has 4 nitrogen and oxygen atoms in total. The van der Waals surface area contributed by atoms with Crippen molar-refractivity contribution in [2.75, 3.05) is 19.6 Å². The van der Waals surface area contributed by atoms with Crippen molar-refractivity contribution in [1.82, 2.24) is 15.5 Å². The van der Waals surface area contributed by atoms with Crippen LogP contribution < -0.4 is 10.6 Å². The lowest BCUT2D eigenvalue weighted by molar-refractivity contribution is -0.119. The lowest BCUT2D eigenvalue weighted by atomic mass is 10.2. The number of hydrogen-bond acceptors (Lipinski definition) is 3. The van der Waals surface area contributed by atoms with Gasteiger partial charge in [0, 0.05) is 37.6 Å². The Morgan fingerprint density at radius 1 is 1.47 bits per heavy atom. The molecule has 2 atom stereocenters. The molecule has 0 aromatic heterocycles. The van der Waals surface area contributed by atoms with E-state index in [0.29, 0.717) is 24.5 Å². The molecule has 2 rings (SSSR count). The van der Waals surface area contributed by atoms with E-state index in [1.807, 2.05) is 0 Å². The first-order valence-corrected chi connectivity index (χ1v) is 5.92. The van der Waals surface area contributed by atoms with Crippen molar-refractivity contribution in [1.29, 1.82) is 0 Å². The Balaban J connectivity index is 1.75. The second-order valence-corrected chi connectivity index (χ2v) is 4.95. The van der Waals surface area contributed by atoms with Crippen LogP contribution in [-0.2, 0) is 4.79 Å². The molecule has 2 saturated heterocycles. The van der Waals surface area contributed by atoms with Crippen LogP contribution in [0.5, 0.6) is 0 Å². The van der Waals surface area contributed by atoms with Crippen LogP contribution in [0.4, 0.5) is 0 Å². The quantitative estimate of drug-likeness (QED) is 0.688. The van der Waals surface area contributed by atoms with E-state index in [-0.39, 0.29) is 5.91 Å². The number of carbonyl (C=O) groups is 1. The van der Waals surface area contributed by atoms with E-state index >= 15 is 0 Å². The molecular weight excluding hydrogens is 190 g/mol. The predicted molar refractivity (Wildman–Crippen MR) is 59.7 cm³/mol. The number of nitrogens with one attached hydrogen (secondary N) is 2. The van der Waals surface area contributed by atoms with E-state index in [2.05, 4.69) is 29.4 Å². The molecule has 0 radical (unpaired) electrons. The Morgan fingerprint density at radius 2 is 2.27 bits per heavy atom. The van der Waals surface area contributed by atoms with Crippen LogP contribution >= 0.6 is 0 Å². The first-order chi connectivity index (χ1) is 7.15. The van der Waals surface area contributed by atoms with Gasteiger partial charge in [0.25, 0.3) is 0 Å². The highest BCUT2D eigenvalue weighted by atomic mass is 16.1. The summed E-state index contributed by atoms with van der Waals surface area (Å²) < 4.78 is 0. The molecule has 0 bridgehead atoms. The molecule has 2 aliphatic heterocycles. The van der Waals surface area contributed by atoms with Crippen LogP contribution in [0.2, 0.25) is 0 Å². The molecule has 2 fully saturated rings. The number of amides is 1. The summed E-state index contributed by atoms with van der Waals surface area (Å²) in [5, 5.41) is 6.43. The SMILES string of the molecule is CC(C)N1CCC(NC2CNC(=O)C2)C1. The summed E-state index contributed by atoms with van der Waals surface area (Å²) in [5.74, 6) is 0.186. The molecule has 2 unspecified atom stereocenters. The van der Waals surface area contributed by atoms with Crippen molar-refractivity contribution >= 4 is 5.91 Å². The van der Waals surface area contributed by atoms with E-state index < -0.39 is 0 Å². The summed E-state index contributed by atoms with van der Waals surface area (Å²) in [7, 11) is 0. The average Bonchev–Trinajstić information content (AvgIpc) is 2.76. The van der Waals surface area contributed by atoms with Gasteiger partial charge in [-0.1, -0.05) is 0 Å². The molecule has 86 valence electrons. The fourth-order valence-corrected chi connectivity index (χ4v) is 2.45. The van der Waals surface area contributed by atoms with Crippen LogP contribution in [0.3, 0.4) is 0 Å². The Morgan fingerprint density at radius 3 is 2.80 bits per heavy atom. The lowest BCUT2D eigenvalue weighted by Crippen LogP contribution is -2.41. The minimum atomic E-state index is 0.186. The van der Waals surface area contributed by atoms with Gasteiger partial charge in [0.1, 0.15) is 0 Å². The Bertz CT molecular complexity index is 242. The third-order valence-electron chi connectivity index (χ3n) is 3.40. The van der Waals surface area contributed by atoms with Crippen LogP contribution in [0, 0.1) is 0 Å². The fraction of sp³-hybridized carbons (Fsp3) is 0.909. The summed E-state index contributed by atoms with van der Waals surface area (Å²) in [5.41, 5.74) is 0. The first-order valence-electron chi connectivity index (χ1n) is 5.92. The zero-order valence-electron chi connectivity index (χ0n) is 9.62. The topological polar surface area (TPSA) is 44.4 Å². The predicted octanol–water partition coefficient (Wildman–Crippen LogP) is -0.0528. The normalized spacial score (nSPS) is 32.6. The third kappa shape index (κ3) is 2.69. The van der Waals surface area contributed by atoms with Crippen molar-refractivity contribution in [3.05, 3.63) is 0 Å². The van der Waals surface area contributed by atoms with Crippen molar-refractivity contribution in [2.45, 2.75) is 44.8 Å². The van der Waals surface area contributed by atoms with Crippen LogP contribution in [0.15, 0.2) is 0 Å². The molecule has 1 amide bonds. The van der Waals surface area contributed by atoms with Crippen LogP contribution in [0.25, 0.3) is 0 Å². The summed E-state index contributed by atoms with van der Waals surface area (Å²) in [6, 6.07) is 1.57. The molecule has 15 heavy (non-hydrogen) atoms. The van der Waals surface area contributed by atoms with Gasteiger partial charge < -0.3 is 10.6 Å². The van der Waals surface area contributed by atoms with E-state index in [1.165, 1.54) is 13.0 Å². The summed E-state index contributed by atoms with van der Waals surface area (Å²) in [6.07, 6.45) is 1.86. The van der Waals surface area contributed by atoms with Crippen molar-refractivity contribution < 1.29 is 4.79 Å². The van der Waals surface area contributed by atoms with Crippen LogP contribution in [0.1, 0.15) is 26.7 Å². The first kappa shape index (κ1) is 10.9. The van der Waals surface area contributed by atoms with Gasteiger partial charge in [0.2, 0.25) is 5.91 Å². The fourth-order valence-electron chi connectivity index (χ4n) is 2.45. The number of rotatable bonds is 3. The molecule has 0 saturated carbocycles. The number of carbonyl (C=O) groups excluding carboxylic acids is 1. The minimum absolute atomic E-state index is 0.186. The zero-order chi connectivity index (χ0) is 10.8. The van der Waals surface area contributed by atoms with E-state index in [4.69, 9.17) is 0 Å². The van der Waals surface area contributed by atoms with Gasteiger partial charge in [-0.2, -0.15) is 0 Å². The second-order valence-electron chi connectivity index (χ2n) is 4.95. The molecule has 4 heteroatoms. The maximum atomic E-state index is 11.0. The maximum absolute atomic E-state index is 11.0. The van der Waals surface area contributed by atoms with Gasteiger partial charge in [-0.3, -0.25) is 9.69 Å². The van der Waals surface area contributed by atoms with E-state index in [1.54, 1.807) is 0 Å². The number of hydrogen-bond donors (Lipinski definition) is 2.